The second-order valence-electron chi connectivity index (χ2n) is 7.82. The molecule has 0 unspecified atom stereocenters. The van der Waals surface area contributed by atoms with E-state index in [1.807, 2.05) is 51.1 Å². The molecule has 1 aromatic carbocycles. The summed E-state index contributed by atoms with van der Waals surface area (Å²) in [7, 11) is 0. The minimum Gasteiger partial charge on any atom is -0.444 e. The highest BCUT2D eigenvalue weighted by molar-refractivity contribution is 7.09. The molecule has 1 fully saturated rings. The third kappa shape index (κ3) is 4.95. The number of carbonyl (C=O) groups is 1. The van der Waals surface area contributed by atoms with Gasteiger partial charge in [0.15, 0.2) is 5.82 Å². The Morgan fingerprint density at radius 2 is 1.96 bits per heavy atom. The van der Waals surface area contributed by atoms with E-state index in [2.05, 4.69) is 19.6 Å². The number of hydrogen-bond donors (Lipinski definition) is 2. The summed E-state index contributed by atoms with van der Waals surface area (Å²) in [4.78, 5) is 18.9. The normalized spacial score (nSPS) is 16.8. The van der Waals surface area contributed by atoms with Crippen LogP contribution in [0.2, 0.25) is 0 Å². The summed E-state index contributed by atoms with van der Waals surface area (Å²) in [5.74, 6) is 0.724. The van der Waals surface area contributed by atoms with E-state index in [-0.39, 0.29) is 6.61 Å². The summed E-state index contributed by atoms with van der Waals surface area (Å²) in [6.45, 7) is 6.70. The molecule has 1 aliphatic rings. The zero-order chi connectivity index (χ0) is 19.5. The molecule has 1 aliphatic heterocycles. The summed E-state index contributed by atoms with van der Waals surface area (Å²) in [5.41, 5.74) is -0.235. The second-order valence-corrected chi connectivity index (χ2v) is 8.55. The summed E-state index contributed by atoms with van der Waals surface area (Å²) >= 11 is 1.37. The van der Waals surface area contributed by atoms with Gasteiger partial charge in [-0.15, -0.1) is 0 Å². The molecule has 8 heteroatoms. The number of aliphatic hydroxyl groups is 1. The molecule has 1 aromatic heterocycles. The van der Waals surface area contributed by atoms with E-state index in [4.69, 9.17) is 4.74 Å². The fourth-order valence-electron chi connectivity index (χ4n) is 3.02. The van der Waals surface area contributed by atoms with Crippen LogP contribution in [0, 0.1) is 0 Å². The quantitative estimate of drug-likeness (QED) is 0.834. The van der Waals surface area contributed by atoms with Crippen LogP contribution in [-0.4, -0.2) is 51.4 Å². The van der Waals surface area contributed by atoms with Crippen molar-refractivity contribution in [1.82, 2.24) is 14.7 Å². The average molecular weight is 391 g/mol. The van der Waals surface area contributed by atoms with Crippen molar-refractivity contribution in [3.63, 3.8) is 0 Å². The molecule has 146 valence electrons. The van der Waals surface area contributed by atoms with Gasteiger partial charge in [0.2, 0.25) is 5.13 Å². The van der Waals surface area contributed by atoms with Crippen molar-refractivity contribution >= 4 is 22.8 Å². The Morgan fingerprint density at radius 3 is 2.56 bits per heavy atom. The second kappa shape index (κ2) is 7.82. The molecule has 2 aromatic rings. The molecule has 0 saturated carbocycles. The molecule has 0 radical (unpaired) electrons. The Labute approximate surface area is 163 Å². The van der Waals surface area contributed by atoms with Crippen LogP contribution < -0.4 is 10.2 Å². The Hall–Kier alpha value is -2.19. The fraction of sp³-hybridized carbons (Fsp3) is 0.526. The summed E-state index contributed by atoms with van der Waals surface area (Å²) in [6, 6.07) is 9.88. The predicted octanol–water partition coefficient (Wildman–Crippen LogP) is 3.06. The van der Waals surface area contributed by atoms with Gasteiger partial charge in [0.25, 0.3) is 0 Å². The zero-order valence-electron chi connectivity index (χ0n) is 15.9. The first-order valence-corrected chi connectivity index (χ1v) is 9.84. The molecule has 27 heavy (non-hydrogen) atoms. The maximum absolute atomic E-state index is 12.1. The number of alkyl carbamates (subject to hydrolysis) is 1. The van der Waals surface area contributed by atoms with Crippen molar-refractivity contribution in [1.29, 1.82) is 0 Å². The van der Waals surface area contributed by atoms with Crippen molar-refractivity contribution in [2.45, 2.75) is 44.8 Å². The number of aliphatic hydroxyl groups excluding tert-OH is 1. The smallest absolute Gasteiger partial charge is 0.408 e. The molecule has 3 rings (SSSR count). The van der Waals surface area contributed by atoms with Crippen LogP contribution in [0.5, 0.6) is 0 Å². The summed E-state index contributed by atoms with van der Waals surface area (Å²) in [5, 5.41) is 13.6. The molecule has 2 N–H and O–H groups in total. The highest BCUT2D eigenvalue weighted by Gasteiger charge is 2.37. The monoisotopic (exact) mass is 390 g/mol. The molecule has 0 bridgehead atoms. The third-order valence-corrected chi connectivity index (χ3v) is 5.28. The largest absolute Gasteiger partial charge is 0.444 e. The number of aromatic nitrogens is 2. The maximum Gasteiger partial charge on any atom is 0.408 e. The maximum atomic E-state index is 12.1. The predicted molar refractivity (Wildman–Crippen MR) is 106 cm³/mol. The average Bonchev–Trinajstić information content (AvgIpc) is 3.11. The molecule has 1 saturated heterocycles. The first-order valence-electron chi connectivity index (χ1n) is 9.06. The lowest BCUT2D eigenvalue weighted by atomic mass is 9.88. The van der Waals surface area contributed by atoms with Gasteiger partial charge in [-0.2, -0.15) is 9.36 Å². The van der Waals surface area contributed by atoms with Gasteiger partial charge >= 0.3 is 6.09 Å². The van der Waals surface area contributed by atoms with Gasteiger partial charge in [-0.3, -0.25) is 0 Å². The van der Waals surface area contributed by atoms with E-state index in [0.717, 1.165) is 16.5 Å². The first-order chi connectivity index (χ1) is 12.8. The number of hydrogen-bond acceptors (Lipinski definition) is 7. The van der Waals surface area contributed by atoms with Crippen molar-refractivity contribution in [2.24, 2.45) is 0 Å². The topological polar surface area (TPSA) is 87.6 Å². The van der Waals surface area contributed by atoms with Gasteiger partial charge in [0.05, 0.1) is 12.1 Å². The van der Waals surface area contributed by atoms with Crippen LogP contribution in [0.1, 0.15) is 33.6 Å². The number of rotatable bonds is 4. The zero-order valence-corrected chi connectivity index (χ0v) is 16.8. The van der Waals surface area contributed by atoms with Crippen LogP contribution >= 0.6 is 11.5 Å². The van der Waals surface area contributed by atoms with Crippen LogP contribution in [0.15, 0.2) is 30.3 Å². The number of carbonyl (C=O) groups excluding carboxylic acids is 1. The van der Waals surface area contributed by atoms with E-state index in [0.29, 0.717) is 25.9 Å². The molecule has 7 nitrogen and oxygen atoms in total. The van der Waals surface area contributed by atoms with Crippen LogP contribution in [0.25, 0.3) is 11.4 Å². The Kier molecular flexibility index (Phi) is 5.67. The number of ether oxygens (including phenoxy) is 1. The molecule has 2 heterocycles. The van der Waals surface area contributed by atoms with Gasteiger partial charge in [0.1, 0.15) is 5.60 Å². The van der Waals surface area contributed by atoms with Gasteiger partial charge in [0, 0.05) is 30.2 Å². The van der Waals surface area contributed by atoms with Crippen molar-refractivity contribution in [2.75, 3.05) is 24.6 Å². The number of nitrogens with one attached hydrogen (secondary N) is 1. The van der Waals surface area contributed by atoms with Crippen LogP contribution in [-0.2, 0) is 4.74 Å². The summed E-state index contributed by atoms with van der Waals surface area (Å²) < 4.78 is 9.79. The molecule has 0 aliphatic carbocycles. The van der Waals surface area contributed by atoms with Gasteiger partial charge < -0.3 is 20.1 Å². The van der Waals surface area contributed by atoms with E-state index < -0.39 is 17.2 Å². The van der Waals surface area contributed by atoms with Crippen molar-refractivity contribution in [3.05, 3.63) is 30.3 Å². The Morgan fingerprint density at radius 1 is 1.30 bits per heavy atom. The Balaban J connectivity index is 1.62. The van der Waals surface area contributed by atoms with Gasteiger partial charge in [-0.05, 0) is 33.6 Å². The Bertz CT molecular complexity index is 765. The SMILES string of the molecule is CC(C)(C)OC(=O)NC1(CO)CCN(c2nc(-c3ccccc3)ns2)CC1. The minimum absolute atomic E-state index is 0.120. The number of nitrogens with zero attached hydrogens (tertiary/aromatic N) is 3. The van der Waals surface area contributed by atoms with E-state index in [1.54, 1.807) is 0 Å². The molecule has 0 atom stereocenters. The fourth-order valence-corrected chi connectivity index (χ4v) is 3.76. The van der Waals surface area contributed by atoms with Crippen LogP contribution in [0.3, 0.4) is 0 Å². The van der Waals surface area contributed by atoms with E-state index in [1.165, 1.54) is 11.5 Å². The number of anilines is 1. The van der Waals surface area contributed by atoms with Crippen LogP contribution in [0.4, 0.5) is 9.93 Å². The first kappa shape index (κ1) is 19.6. The van der Waals surface area contributed by atoms with Gasteiger partial charge in [-0.1, -0.05) is 30.3 Å². The number of benzene rings is 1. The number of piperidine rings is 1. The molecule has 1 amide bonds. The number of amides is 1. The van der Waals surface area contributed by atoms with Crippen molar-refractivity contribution < 1.29 is 14.6 Å². The van der Waals surface area contributed by atoms with Crippen molar-refractivity contribution in [3.8, 4) is 11.4 Å². The minimum atomic E-state index is -0.661. The van der Waals surface area contributed by atoms with E-state index in [9.17, 15) is 9.90 Å². The highest BCUT2D eigenvalue weighted by Crippen LogP contribution is 2.29. The summed E-state index contributed by atoms with van der Waals surface area (Å²) in [6.07, 6.45) is 0.735. The highest BCUT2D eigenvalue weighted by atomic mass is 32.1. The lowest BCUT2D eigenvalue weighted by molar-refractivity contribution is 0.0364. The lowest BCUT2D eigenvalue weighted by Gasteiger charge is -2.41. The molecule has 0 spiro atoms. The standard InChI is InChI=1S/C19H26N4O3S/c1-18(2,3)26-17(25)21-19(13-24)9-11-23(12-10-19)16-20-15(22-27-16)14-7-5-4-6-8-14/h4-8,24H,9-13H2,1-3H3,(H,21,25). The van der Waals surface area contributed by atoms with E-state index >= 15 is 0 Å². The van der Waals surface area contributed by atoms with Gasteiger partial charge in [-0.25, -0.2) is 4.79 Å². The lowest BCUT2D eigenvalue weighted by Crippen LogP contribution is -2.58. The molecular formula is C19H26N4O3S. The third-order valence-electron chi connectivity index (χ3n) is 4.51. The molecular weight excluding hydrogens is 364 g/mol.